The van der Waals surface area contributed by atoms with Crippen molar-refractivity contribution in [1.29, 1.82) is 0 Å². The Morgan fingerprint density at radius 3 is 2.80 bits per heavy atom. The smallest absolute Gasteiger partial charge is 0.229 e. The first-order valence-electron chi connectivity index (χ1n) is 7.31. The Morgan fingerprint density at radius 2 is 2.15 bits per heavy atom. The molecule has 1 amide bonds. The van der Waals surface area contributed by atoms with Gasteiger partial charge >= 0.3 is 0 Å². The molecule has 4 nitrogen and oxygen atoms in total. The normalized spacial score (nSPS) is 22.4. The Morgan fingerprint density at radius 1 is 1.40 bits per heavy atom. The number of aryl methyl sites for hydroxylation is 1. The molecule has 0 aliphatic carbocycles. The second-order valence-corrected chi connectivity index (χ2v) is 5.88. The van der Waals surface area contributed by atoms with Crippen LogP contribution >= 0.6 is 0 Å². The van der Waals surface area contributed by atoms with Crippen LogP contribution in [0.2, 0.25) is 0 Å². The summed E-state index contributed by atoms with van der Waals surface area (Å²) in [5.74, 6) is 0.186. The monoisotopic (exact) mass is 275 g/mol. The summed E-state index contributed by atoms with van der Waals surface area (Å²) in [7, 11) is 4.03. The van der Waals surface area contributed by atoms with Crippen molar-refractivity contribution < 1.29 is 4.79 Å². The number of anilines is 2. The molecule has 0 bridgehead atoms. The molecular weight excluding hydrogens is 250 g/mol. The van der Waals surface area contributed by atoms with Crippen LogP contribution in [0.5, 0.6) is 0 Å². The second kappa shape index (κ2) is 6.27. The molecule has 1 saturated heterocycles. The van der Waals surface area contributed by atoms with Gasteiger partial charge in [0.05, 0.1) is 5.92 Å². The van der Waals surface area contributed by atoms with Gasteiger partial charge in [0.25, 0.3) is 0 Å². The molecule has 110 valence electrons. The SMILES string of the molecule is Cc1ccc(NC(=O)C2CCCNC2C)cc1N(C)C. The number of piperidine rings is 1. The van der Waals surface area contributed by atoms with Gasteiger partial charge in [-0.2, -0.15) is 0 Å². The minimum atomic E-state index is 0.0628. The zero-order chi connectivity index (χ0) is 14.7. The van der Waals surface area contributed by atoms with Crippen molar-refractivity contribution in [2.24, 2.45) is 5.92 Å². The molecule has 2 unspecified atom stereocenters. The van der Waals surface area contributed by atoms with Crippen LogP contribution in [0, 0.1) is 12.8 Å². The van der Waals surface area contributed by atoms with Crippen LogP contribution in [-0.2, 0) is 4.79 Å². The highest BCUT2D eigenvalue weighted by molar-refractivity contribution is 5.93. The van der Waals surface area contributed by atoms with Crippen LogP contribution in [-0.4, -0.2) is 32.6 Å². The number of carbonyl (C=O) groups is 1. The third kappa shape index (κ3) is 3.31. The molecule has 2 rings (SSSR count). The highest BCUT2D eigenvalue weighted by Gasteiger charge is 2.27. The molecule has 0 aromatic heterocycles. The lowest BCUT2D eigenvalue weighted by molar-refractivity contribution is -0.121. The number of amides is 1. The van der Waals surface area contributed by atoms with Gasteiger partial charge in [-0.05, 0) is 50.9 Å². The van der Waals surface area contributed by atoms with Crippen LogP contribution in [0.3, 0.4) is 0 Å². The summed E-state index contributed by atoms with van der Waals surface area (Å²) in [6, 6.07) is 6.31. The summed E-state index contributed by atoms with van der Waals surface area (Å²) in [5.41, 5.74) is 3.22. The predicted octanol–water partition coefficient (Wildman–Crippen LogP) is 2.39. The van der Waals surface area contributed by atoms with Crippen LogP contribution < -0.4 is 15.5 Å². The number of hydrogen-bond acceptors (Lipinski definition) is 3. The van der Waals surface area contributed by atoms with Crippen molar-refractivity contribution in [3.8, 4) is 0 Å². The quantitative estimate of drug-likeness (QED) is 0.890. The number of nitrogens with one attached hydrogen (secondary N) is 2. The lowest BCUT2D eigenvalue weighted by Crippen LogP contribution is -2.44. The fourth-order valence-electron chi connectivity index (χ4n) is 2.81. The van der Waals surface area contributed by atoms with Gasteiger partial charge in [-0.1, -0.05) is 6.07 Å². The minimum Gasteiger partial charge on any atom is -0.377 e. The van der Waals surface area contributed by atoms with Crippen molar-refractivity contribution in [2.75, 3.05) is 30.9 Å². The van der Waals surface area contributed by atoms with E-state index in [1.54, 1.807) is 0 Å². The van der Waals surface area contributed by atoms with Crippen molar-refractivity contribution in [1.82, 2.24) is 5.32 Å². The molecule has 1 aliphatic heterocycles. The third-order valence-electron chi connectivity index (χ3n) is 4.06. The van der Waals surface area contributed by atoms with Gasteiger partial charge in [-0.15, -0.1) is 0 Å². The number of nitrogens with zero attached hydrogens (tertiary/aromatic N) is 1. The molecule has 0 radical (unpaired) electrons. The molecule has 1 fully saturated rings. The average Bonchev–Trinajstić information content (AvgIpc) is 2.41. The molecule has 2 atom stereocenters. The maximum atomic E-state index is 12.4. The van der Waals surface area contributed by atoms with Crippen molar-refractivity contribution in [3.63, 3.8) is 0 Å². The van der Waals surface area contributed by atoms with E-state index in [0.717, 1.165) is 30.8 Å². The van der Waals surface area contributed by atoms with E-state index in [-0.39, 0.29) is 17.9 Å². The summed E-state index contributed by atoms with van der Waals surface area (Å²) < 4.78 is 0. The Balaban J connectivity index is 2.09. The molecule has 1 aromatic carbocycles. The largest absolute Gasteiger partial charge is 0.377 e. The van der Waals surface area contributed by atoms with Crippen molar-refractivity contribution in [2.45, 2.75) is 32.7 Å². The first-order valence-corrected chi connectivity index (χ1v) is 7.31. The summed E-state index contributed by atoms with van der Waals surface area (Å²) >= 11 is 0. The molecule has 0 saturated carbocycles. The zero-order valence-corrected chi connectivity index (χ0v) is 12.9. The van der Waals surface area contributed by atoms with E-state index in [4.69, 9.17) is 0 Å². The fraction of sp³-hybridized carbons (Fsp3) is 0.562. The molecule has 2 N–H and O–H groups in total. The van der Waals surface area contributed by atoms with E-state index < -0.39 is 0 Å². The first kappa shape index (κ1) is 14.9. The summed E-state index contributed by atoms with van der Waals surface area (Å²) in [6.45, 7) is 5.18. The van der Waals surface area contributed by atoms with Crippen LogP contribution in [0.1, 0.15) is 25.3 Å². The van der Waals surface area contributed by atoms with Gasteiger partial charge in [0.2, 0.25) is 5.91 Å². The lowest BCUT2D eigenvalue weighted by Gasteiger charge is -2.29. The molecule has 1 aromatic rings. The highest BCUT2D eigenvalue weighted by atomic mass is 16.1. The lowest BCUT2D eigenvalue weighted by atomic mass is 9.91. The highest BCUT2D eigenvalue weighted by Crippen LogP contribution is 2.24. The van der Waals surface area contributed by atoms with Gasteiger partial charge in [0.1, 0.15) is 0 Å². The Labute approximate surface area is 121 Å². The van der Waals surface area contributed by atoms with E-state index in [0.29, 0.717) is 0 Å². The predicted molar refractivity (Wildman–Crippen MR) is 84.3 cm³/mol. The Hall–Kier alpha value is -1.55. The molecule has 1 heterocycles. The van der Waals surface area contributed by atoms with Gasteiger partial charge in [0.15, 0.2) is 0 Å². The molecule has 0 spiro atoms. The van der Waals surface area contributed by atoms with Gasteiger partial charge < -0.3 is 15.5 Å². The molecular formula is C16H25N3O. The van der Waals surface area contributed by atoms with Crippen LogP contribution in [0.15, 0.2) is 18.2 Å². The van der Waals surface area contributed by atoms with Gasteiger partial charge in [-0.3, -0.25) is 4.79 Å². The van der Waals surface area contributed by atoms with Gasteiger partial charge in [0, 0.05) is 31.5 Å². The van der Waals surface area contributed by atoms with E-state index in [1.807, 2.05) is 32.3 Å². The average molecular weight is 275 g/mol. The fourth-order valence-corrected chi connectivity index (χ4v) is 2.81. The summed E-state index contributed by atoms with van der Waals surface area (Å²) in [4.78, 5) is 14.4. The van der Waals surface area contributed by atoms with E-state index in [1.165, 1.54) is 5.56 Å². The van der Waals surface area contributed by atoms with E-state index >= 15 is 0 Å². The molecule has 20 heavy (non-hydrogen) atoms. The maximum Gasteiger partial charge on any atom is 0.229 e. The molecule has 4 heteroatoms. The number of hydrogen-bond donors (Lipinski definition) is 2. The second-order valence-electron chi connectivity index (χ2n) is 5.88. The standard InChI is InChI=1S/C16H25N3O/c1-11-7-8-13(10-15(11)19(3)4)18-16(20)14-6-5-9-17-12(14)2/h7-8,10,12,14,17H,5-6,9H2,1-4H3,(H,18,20). The van der Waals surface area contributed by atoms with Crippen molar-refractivity contribution in [3.05, 3.63) is 23.8 Å². The third-order valence-corrected chi connectivity index (χ3v) is 4.06. The van der Waals surface area contributed by atoms with Crippen LogP contribution in [0.4, 0.5) is 11.4 Å². The summed E-state index contributed by atoms with van der Waals surface area (Å²) in [5, 5.41) is 6.43. The topological polar surface area (TPSA) is 44.4 Å². The van der Waals surface area contributed by atoms with E-state index in [9.17, 15) is 4.79 Å². The minimum absolute atomic E-state index is 0.0628. The Kier molecular flexibility index (Phi) is 4.65. The first-order chi connectivity index (χ1) is 9.49. The van der Waals surface area contributed by atoms with Gasteiger partial charge in [-0.25, -0.2) is 0 Å². The summed E-state index contributed by atoms with van der Waals surface area (Å²) in [6.07, 6.45) is 2.03. The van der Waals surface area contributed by atoms with E-state index in [2.05, 4.69) is 29.4 Å². The molecule has 1 aliphatic rings. The van der Waals surface area contributed by atoms with Crippen molar-refractivity contribution >= 4 is 17.3 Å². The number of rotatable bonds is 3. The Bertz CT molecular complexity index is 485. The number of carbonyl (C=O) groups excluding carboxylic acids is 1. The number of benzene rings is 1. The zero-order valence-electron chi connectivity index (χ0n) is 12.9. The van der Waals surface area contributed by atoms with Crippen LogP contribution in [0.25, 0.3) is 0 Å². The maximum absolute atomic E-state index is 12.4.